The fourth-order valence-corrected chi connectivity index (χ4v) is 3.59. The Morgan fingerprint density at radius 1 is 1.18 bits per heavy atom. The first kappa shape index (κ1) is 20.4. The third-order valence-corrected chi connectivity index (χ3v) is 5.34. The lowest BCUT2D eigenvalue weighted by Gasteiger charge is -2.30. The van der Waals surface area contributed by atoms with E-state index in [0.717, 1.165) is 31.5 Å². The third kappa shape index (κ3) is 4.94. The molecule has 0 unspecified atom stereocenters. The molecule has 0 aliphatic carbocycles. The van der Waals surface area contributed by atoms with E-state index in [9.17, 15) is 14.7 Å². The van der Waals surface area contributed by atoms with Crippen LogP contribution in [0.5, 0.6) is 5.75 Å². The Hall–Kier alpha value is -2.31. The number of nitrogens with zero attached hydrogens (tertiary/aromatic N) is 2. The zero-order chi connectivity index (χ0) is 20.1. The number of esters is 1. The number of ether oxygens (including phenoxy) is 1. The van der Waals surface area contributed by atoms with Crippen LogP contribution in [0.25, 0.3) is 0 Å². The summed E-state index contributed by atoms with van der Waals surface area (Å²) in [6, 6.07) is 9.04. The average molecular weight is 405 g/mol. The lowest BCUT2D eigenvalue weighted by Crippen LogP contribution is -2.36. The molecule has 1 saturated heterocycles. The second-order valence-electron chi connectivity index (χ2n) is 7.05. The summed E-state index contributed by atoms with van der Waals surface area (Å²) in [6.07, 6.45) is 3.16. The van der Waals surface area contributed by atoms with Gasteiger partial charge < -0.3 is 14.4 Å². The summed E-state index contributed by atoms with van der Waals surface area (Å²) in [5, 5.41) is 11.0. The predicted molar refractivity (Wildman–Crippen MR) is 108 cm³/mol. The minimum atomic E-state index is -0.408. The SMILES string of the molecule is CCOC(=O)C1CCN(Cc2ccn(Cc3ccc(Cl)cc3)c(=O)c2O)CC1. The van der Waals surface area contributed by atoms with E-state index in [1.807, 2.05) is 19.1 Å². The molecule has 0 spiro atoms. The second kappa shape index (κ2) is 9.26. The molecule has 0 atom stereocenters. The van der Waals surface area contributed by atoms with Crippen LogP contribution < -0.4 is 5.56 Å². The van der Waals surface area contributed by atoms with Crippen molar-refractivity contribution in [2.75, 3.05) is 19.7 Å². The van der Waals surface area contributed by atoms with E-state index in [1.54, 1.807) is 24.4 Å². The lowest BCUT2D eigenvalue weighted by molar-refractivity contribution is -0.149. The average Bonchev–Trinajstić information content (AvgIpc) is 2.70. The van der Waals surface area contributed by atoms with Gasteiger partial charge in [-0.05, 0) is 56.6 Å². The zero-order valence-electron chi connectivity index (χ0n) is 15.9. The molecule has 1 fully saturated rings. The summed E-state index contributed by atoms with van der Waals surface area (Å²) in [5.74, 6) is -0.407. The number of piperidine rings is 1. The van der Waals surface area contributed by atoms with Gasteiger partial charge in [-0.3, -0.25) is 14.5 Å². The second-order valence-corrected chi connectivity index (χ2v) is 7.49. The Morgan fingerprint density at radius 2 is 1.86 bits per heavy atom. The van der Waals surface area contributed by atoms with Crippen molar-refractivity contribution in [3.63, 3.8) is 0 Å². The number of hydrogen-bond acceptors (Lipinski definition) is 5. The Morgan fingerprint density at radius 3 is 2.50 bits per heavy atom. The number of rotatable bonds is 6. The third-order valence-electron chi connectivity index (χ3n) is 5.09. The van der Waals surface area contributed by atoms with Crippen molar-refractivity contribution in [2.45, 2.75) is 32.9 Å². The van der Waals surface area contributed by atoms with Crippen molar-refractivity contribution < 1.29 is 14.6 Å². The van der Waals surface area contributed by atoms with Crippen molar-refractivity contribution in [1.82, 2.24) is 9.47 Å². The van der Waals surface area contributed by atoms with Gasteiger partial charge in [-0.1, -0.05) is 23.7 Å². The fraction of sp³-hybridized carbons (Fsp3) is 0.429. The smallest absolute Gasteiger partial charge is 0.309 e. The zero-order valence-corrected chi connectivity index (χ0v) is 16.7. The minimum Gasteiger partial charge on any atom is -0.503 e. The van der Waals surface area contributed by atoms with Crippen molar-refractivity contribution in [1.29, 1.82) is 0 Å². The Labute approximate surface area is 169 Å². The van der Waals surface area contributed by atoms with Gasteiger partial charge in [0, 0.05) is 23.3 Å². The predicted octanol–water partition coefficient (Wildman–Crippen LogP) is 3.03. The van der Waals surface area contributed by atoms with Crippen LogP contribution in [-0.4, -0.2) is 40.2 Å². The van der Waals surface area contributed by atoms with E-state index in [2.05, 4.69) is 4.90 Å². The number of carbonyl (C=O) groups excluding carboxylic acids is 1. The molecule has 0 amide bonds. The summed E-state index contributed by atoms with van der Waals surface area (Å²) >= 11 is 5.89. The number of aromatic hydroxyl groups is 1. The van der Waals surface area contributed by atoms with Crippen LogP contribution >= 0.6 is 11.6 Å². The van der Waals surface area contributed by atoms with Crippen molar-refractivity contribution >= 4 is 17.6 Å². The first-order chi connectivity index (χ1) is 13.5. The van der Waals surface area contributed by atoms with Gasteiger partial charge in [0.1, 0.15) is 0 Å². The molecule has 0 saturated carbocycles. The molecule has 1 aliphatic heterocycles. The molecule has 1 aromatic carbocycles. The fourth-order valence-electron chi connectivity index (χ4n) is 3.47. The molecule has 0 bridgehead atoms. The number of aromatic nitrogens is 1. The highest BCUT2D eigenvalue weighted by molar-refractivity contribution is 6.30. The van der Waals surface area contributed by atoms with Gasteiger partial charge >= 0.3 is 5.97 Å². The van der Waals surface area contributed by atoms with E-state index in [1.165, 1.54) is 4.57 Å². The highest BCUT2D eigenvalue weighted by atomic mass is 35.5. The number of hydrogen-bond donors (Lipinski definition) is 1. The van der Waals surface area contributed by atoms with E-state index in [0.29, 0.717) is 30.3 Å². The largest absolute Gasteiger partial charge is 0.503 e. The standard InChI is InChI=1S/C21H25ClN2O4/c1-2-28-21(27)16-7-10-23(11-8-16)14-17-9-12-24(20(26)19(17)25)13-15-3-5-18(22)6-4-15/h3-6,9,12,16,25H,2,7-8,10-11,13-14H2,1H3. The summed E-state index contributed by atoms with van der Waals surface area (Å²) in [6.45, 7) is 4.53. The first-order valence-corrected chi connectivity index (χ1v) is 9.90. The van der Waals surface area contributed by atoms with Gasteiger partial charge in [0.2, 0.25) is 0 Å². The highest BCUT2D eigenvalue weighted by Crippen LogP contribution is 2.22. The van der Waals surface area contributed by atoms with Crippen LogP contribution in [0.1, 0.15) is 30.9 Å². The van der Waals surface area contributed by atoms with Crippen molar-refractivity contribution in [2.24, 2.45) is 5.92 Å². The number of likely N-dealkylation sites (tertiary alicyclic amines) is 1. The summed E-state index contributed by atoms with van der Waals surface area (Å²) in [7, 11) is 0. The van der Waals surface area contributed by atoms with Gasteiger partial charge in [0.05, 0.1) is 19.1 Å². The van der Waals surface area contributed by atoms with Crippen molar-refractivity contribution in [3.05, 3.63) is 63.0 Å². The Bertz CT molecular complexity index is 871. The molecule has 28 heavy (non-hydrogen) atoms. The minimum absolute atomic E-state index is 0.0582. The summed E-state index contributed by atoms with van der Waals surface area (Å²) < 4.78 is 6.57. The van der Waals surface area contributed by atoms with Crippen LogP contribution in [0.2, 0.25) is 5.02 Å². The molecule has 2 aromatic rings. The molecule has 2 heterocycles. The maximum absolute atomic E-state index is 12.5. The molecule has 7 heteroatoms. The van der Waals surface area contributed by atoms with E-state index >= 15 is 0 Å². The number of halogens is 1. The van der Waals surface area contributed by atoms with Gasteiger partial charge in [0.25, 0.3) is 5.56 Å². The summed E-state index contributed by atoms with van der Waals surface area (Å²) in [5.41, 5.74) is 1.13. The maximum atomic E-state index is 12.5. The van der Waals surface area contributed by atoms with Gasteiger partial charge in [-0.15, -0.1) is 0 Å². The number of pyridine rings is 1. The molecular weight excluding hydrogens is 380 g/mol. The van der Waals surface area contributed by atoms with E-state index in [-0.39, 0.29) is 17.6 Å². The maximum Gasteiger partial charge on any atom is 0.309 e. The quantitative estimate of drug-likeness (QED) is 0.749. The normalized spacial score (nSPS) is 15.5. The summed E-state index contributed by atoms with van der Waals surface area (Å²) in [4.78, 5) is 26.5. The Kier molecular flexibility index (Phi) is 6.75. The van der Waals surface area contributed by atoms with Gasteiger partial charge in [-0.2, -0.15) is 0 Å². The molecular formula is C21H25ClN2O4. The van der Waals surface area contributed by atoms with E-state index < -0.39 is 5.56 Å². The number of benzene rings is 1. The van der Waals surface area contributed by atoms with Crippen LogP contribution in [-0.2, 0) is 22.6 Å². The van der Waals surface area contributed by atoms with Crippen LogP contribution in [0.3, 0.4) is 0 Å². The topological polar surface area (TPSA) is 71.8 Å². The van der Waals surface area contributed by atoms with Crippen molar-refractivity contribution in [3.8, 4) is 5.75 Å². The van der Waals surface area contributed by atoms with Crippen LogP contribution in [0.4, 0.5) is 0 Å². The lowest BCUT2D eigenvalue weighted by atomic mass is 9.96. The highest BCUT2D eigenvalue weighted by Gasteiger charge is 2.26. The van der Waals surface area contributed by atoms with Gasteiger partial charge in [-0.25, -0.2) is 0 Å². The monoisotopic (exact) mass is 404 g/mol. The molecule has 1 aromatic heterocycles. The molecule has 3 rings (SSSR count). The van der Waals surface area contributed by atoms with Crippen LogP contribution in [0.15, 0.2) is 41.3 Å². The molecule has 0 radical (unpaired) electrons. The number of carbonyl (C=O) groups is 1. The molecule has 1 N–H and O–H groups in total. The molecule has 6 nitrogen and oxygen atoms in total. The first-order valence-electron chi connectivity index (χ1n) is 9.52. The molecule has 1 aliphatic rings. The Balaban J connectivity index is 1.63. The van der Waals surface area contributed by atoms with E-state index in [4.69, 9.17) is 16.3 Å². The van der Waals surface area contributed by atoms with Crippen LogP contribution in [0, 0.1) is 5.92 Å². The van der Waals surface area contributed by atoms with Gasteiger partial charge in [0.15, 0.2) is 5.75 Å². The molecule has 150 valence electrons.